The van der Waals surface area contributed by atoms with E-state index in [2.05, 4.69) is 20.7 Å². The summed E-state index contributed by atoms with van der Waals surface area (Å²) in [5, 5.41) is 0. The number of nitrogens with zero attached hydrogens (tertiary/aromatic N) is 2. The summed E-state index contributed by atoms with van der Waals surface area (Å²) in [5.41, 5.74) is 0.614. The smallest absolute Gasteiger partial charge is 0.243 e. The third kappa shape index (κ3) is 5.58. The second-order valence-electron chi connectivity index (χ2n) is 8.17. The van der Waals surface area contributed by atoms with Gasteiger partial charge in [-0.2, -0.15) is 4.31 Å². The largest absolute Gasteiger partial charge is 0.495 e. The van der Waals surface area contributed by atoms with Crippen molar-refractivity contribution in [2.45, 2.75) is 28.7 Å². The molecule has 1 atom stereocenters. The molecule has 0 spiro atoms. The first-order valence-corrected chi connectivity index (χ1v) is 14.7. The molecule has 0 aliphatic carbocycles. The zero-order valence-corrected chi connectivity index (χ0v) is 22.0. The first-order valence-electron chi connectivity index (χ1n) is 11.0. The predicted molar refractivity (Wildman–Crippen MR) is 132 cm³/mol. The molecule has 4 rings (SSSR count). The Hall–Kier alpha value is -1.70. The van der Waals surface area contributed by atoms with E-state index in [1.165, 1.54) is 17.5 Å². The Balaban J connectivity index is 1.48. The van der Waals surface area contributed by atoms with E-state index in [-0.39, 0.29) is 35.5 Å². The van der Waals surface area contributed by atoms with E-state index in [9.17, 15) is 16.8 Å². The van der Waals surface area contributed by atoms with Crippen molar-refractivity contribution in [3.05, 3.63) is 46.9 Å². The fourth-order valence-electron chi connectivity index (χ4n) is 4.10. The molecule has 2 fully saturated rings. The van der Waals surface area contributed by atoms with Gasteiger partial charge in [-0.1, -0.05) is 15.9 Å². The third-order valence-corrected chi connectivity index (χ3v) is 9.88. The summed E-state index contributed by atoms with van der Waals surface area (Å²) in [5.74, 6) is 0.530. The molecule has 2 aliphatic rings. The monoisotopic (exact) mass is 573 g/mol. The number of piperazine rings is 1. The van der Waals surface area contributed by atoms with Gasteiger partial charge in [0.1, 0.15) is 5.75 Å². The summed E-state index contributed by atoms with van der Waals surface area (Å²) < 4.78 is 67.6. The quantitative estimate of drug-likeness (QED) is 0.517. The maximum atomic E-state index is 13.0. The number of methoxy groups -OCH3 is 1. The van der Waals surface area contributed by atoms with Crippen LogP contribution in [0.1, 0.15) is 12.8 Å². The average Bonchev–Trinajstić information content (AvgIpc) is 3.37. The van der Waals surface area contributed by atoms with Crippen LogP contribution in [0.4, 0.5) is 5.69 Å². The Kier molecular flexibility index (Phi) is 7.85. The van der Waals surface area contributed by atoms with Crippen LogP contribution in [0.25, 0.3) is 0 Å². The topological polar surface area (TPSA) is 105 Å². The number of nitrogens with one attached hydrogen (secondary N) is 1. The van der Waals surface area contributed by atoms with Gasteiger partial charge >= 0.3 is 0 Å². The van der Waals surface area contributed by atoms with Crippen LogP contribution in [0, 0.1) is 0 Å². The number of halogens is 1. The standard InChI is InChI=1S/C22H28BrN3O6S2/c1-31-22-9-8-20(33(27,28)24-16-18-3-2-14-32-18)15-21(22)25-10-12-26(13-11-25)34(29,30)19-6-4-17(23)5-7-19/h4-9,15,18,24H,2-3,10-14,16H2,1H3/t18-/m1/s1. The number of sulfonamides is 2. The summed E-state index contributed by atoms with van der Waals surface area (Å²) in [6.07, 6.45) is 1.67. The number of anilines is 1. The molecule has 34 heavy (non-hydrogen) atoms. The van der Waals surface area contributed by atoms with Gasteiger partial charge in [0.2, 0.25) is 20.0 Å². The molecule has 1 N–H and O–H groups in total. The molecule has 2 saturated heterocycles. The Morgan fingerprint density at radius 1 is 1.03 bits per heavy atom. The van der Waals surface area contributed by atoms with Gasteiger partial charge in [-0.25, -0.2) is 21.6 Å². The van der Waals surface area contributed by atoms with Crippen LogP contribution in [0.2, 0.25) is 0 Å². The summed E-state index contributed by atoms with van der Waals surface area (Å²) in [6, 6.07) is 11.3. The van der Waals surface area contributed by atoms with Crippen LogP contribution in [-0.4, -0.2) is 73.7 Å². The molecule has 12 heteroatoms. The molecule has 0 amide bonds. The number of hydrogen-bond acceptors (Lipinski definition) is 7. The zero-order valence-electron chi connectivity index (χ0n) is 18.8. The molecule has 0 radical (unpaired) electrons. The number of rotatable bonds is 8. The molecule has 0 bridgehead atoms. The van der Waals surface area contributed by atoms with Crippen LogP contribution < -0.4 is 14.4 Å². The molecule has 2 aliphatic heterocycles. The molecule has 186 valence electrons. The first kappa shape index (κ1) is 25.4. The number of hydrogen-bond donors (Lipinski definition) is 1. The van der Waals surface area contributed by atoms with Gasteiger partial charge < -0.3 is 14.4 Å². The van der Waals surface area contributed by atoms with E-state index in [1.54, 1.807) is 36.4 Å². The van der Waals surface area contributed by atoms with Crippen molar-refractivity contribution in [2.75, 3.05) is 51.3 Å². The molecule has 9 nitrogen and oxygen atoms in total. The summed E-state index contributed by atoms with van der Waals surface area (Å²) in [7, 11) is -5.82. The minimum absolute atomic E-state index is 0.103. The van der Waals surface area contributed by atoms with Crippen LogP contribution in [0.5, 0.6) is 5.75 Å². The highest BCUT2D eigenvalue weighted by molar-refractivity contribution is 9.10. The predicted octanol–water partition coefficient (Wildman–Crippen LogP) is 2.43. The van der Waals surface area contributed by atoms with Gasteiger partial charge in [-0.15, -0.1) is 0 Å². The molecular formula is C22H28BrN3O6S2. The highest BCUT2D eigenvalue weighted by atomic mass is 79.9. The van der Waals surface area contributed by atoms with E-state index in [0.29, 0.717) is 31.1 Å². The molecular weight excluding hydrogens is 546 g/mol. The van der Waals surface area contributed by atoms with Crippen molar-refractivity contribution in [3.63, 3.8) is 0 Å². The fraction of sp³-hybridized carbons (Fsp3) is 0.455. The molecule has 2 heterocycles. The van der Waals surface area contributed by atoms with Crippen molar-refractivity contribution in [1.82, 2.24) is 9.03 Å². The Labute approximate surface area is 209 Å². The second-order valence-corrected chi connectivity index (χ2v) is 12.8. The van der Waals surface area contributed by atoms with Crippen molar-refractivity contribution in [2.24, 2.45) is 0 Å². The van der Waals surface area contributed by atoms with Crippen LogP contribution in [-0.2, 0) is 24.8 Å². The lowest BCUT2D eigenvalue weighted by Crippen LogP contribution is -2.48. The highest BCUT2D eigenvalue weighted by Crippen LogP contribution is 2.32. The van der Waals surface area contributed by atoms with Crippen LogP contribution >= 0.6 is 15.9 Å². The molecule has 0 aromatic heterocycles. The lowest BCUT2D eigenvalue weighted by molar-refractivity contribution is 0.114. The Morgan fingerprint density at radius 3 is 2.32 bits per heavy atom. The van der Waals surface area contributed by atoms with E-state index in [4.69, 9.17) is 9.47 Å². The summed E-state index contributed by atoms with van der Waals surface area (Å²) in [4.78, 5) is 2.32. The van der Waals surface area contributed by atoms with Crippen molar-refractivity contribution in [3.8, 4) is 5.75 Å². The maximum absolute atomic E-state index is 13.0. The first-order chi connectivity index (χ1) is 16.2. The average molecular weight is 575 g/mol. The van der Waals surface area contributed by atoms with Gasteiger partial charge in [0.25, 0.3) is 0 Å². The van der Waals surface area contributed by atoms with Crippen molar-refractivity contribution < 1.29 is 26.3 Å². The van der Waals surface area contributed by atoms with Gasteiger partial charge in [0.15, 0.2) is 0 Å². The molecule has 2 aromatic rings. The minimum atomic E-state index is -3.73. The van der Waals surface area contributed by atoms with Crippen LogP contribution in [0.3, 0.4) is 0 Å². The zero-order chi connectivity index (χ0) is 24.3. The molecule has 0 unspecified atom stereocenters. The molecule has 0 saturated carbocycles. The van der Waals surface area contributed by atoms with Crippen molar-refractivity contribution >= 4 is 41.7 Å². The van der Waals surface area contributed by atoms with E-state index in [0.717, 1.165) is 17.3 Å². The SMILES string of the molecule is COc1ccc(S(=O)(=O)NC[C@H]2CCCO2)cc1N1CCN(S(=O)(=O)c2ccc(Br)cc2)CC1. The Morgan fingerprint density at radius 2 is 1.71 bits per heavy atom. The summed E-state index contributed by atoms with van der Waals surface area (Å²) in [6.45, 7) is 2.24. The lowest BCUT2D eigenvalue weighted by atomic mass is 10.2. The van der Waals surface area contributed by atoms with E-state index < -0.39 is 20.0 Å². The number of benzene rings is 2. The van der Waals surface area contributed by atoms with Gasteiger partial charge in [0.05, 0.1) is 28.7 Å². The maximum Gasteiger partial charge on any atom is 0.243 e. The second kappa shape index (κ2) is 10.5. The molecule has 2 aromatic carbocycles. The van der Waals surface area contributed by atoms with Crippen LogP contribution in [0.15, 0.2) is 56.7 Å². The third-order valence-electron chi connectivity index (χ3n) is 6.02. The number of ether oxygens (including phenoxy) is 2. The van der Waals surface area contributed by atoms with Crippen molar-refractivity contribution in [1.29, 1.82) is 0 Å². The van der Waals surface area contributed by atoms with E-state index in [1.807, 2.05) is 4.90 Å². The summed E-state index contributed by atoms with van der Waals surface area (Å²) >= 11 is 3.32. The lowest BCUT2D eigenvalue weighted by Gasteiger charge is -2.36. The fourth-order valence-corrected chi connectivity index (χ4v) is 6.87. The van der Waals surface area contributed by atoms with E-state index >= 15 is 0 Å². The minimum Gasteiger partial charge on any atom is -0.495 e. The van der Waals surface area contributed by atoms with Gasteiger partial charge in [0, 0.05) is 43.8 Å². The highest BCUT2D eigenvalue weighted by Gasteiger charge is 2.30. The normalized spacial score (nSPS) is 19.9. The Bertz CT molecular complexity index is 1210. The van der Waals surface area contributed by atoms with Gasteiger partial charge in [-0.3, -0.25) is 0 Å². The van der Waals surface area contributed by atoms with Gasteiger partial charge in [-0.05, 0) is 55.3 Å².